The molecule has 0 fully saturated rings. The number of ether oxygens (including phenoxy) is 2. The third-order valence-corrected chi connectivity index (χ3v) is 6.08. The van der Waals surface area contributed by atoms with Gasteiger partial charge in [0.15, 0.2) is 6.61 Å². The average molecular weight is 582 g/mol. The first-order chi connectivity index (χ1) is 19.4. The molecule has 0 aliphatic heterocycles. The molecule has 1 amide bonds. The van der Waals surface area contributed by atoms with Crippen LogP contribution in [0.15, 0.2) is 43.4 Å². The Morgan fingerprint density at radius 2 is 1.45 bits per heavy atom. The lowest BCUT2D eigenvalue weighted by Gasteiger charge is -2.31. The molecule has 0 unspecified atom stereocenters. The first kappa shape index (κ1) is 34.0. The number of H-pyrrole nitrogens is 1. The molecule has 3 heterocycles. The summed E-state index contributed by atoms with van der Waals surface area (Å²) in [7, 11) is 0. The molecule has 3 rings (SSSR count). The van der Waals surface area contributed by atoms with E-state index in [0.29, 0.717) is 11.5 Å². The van der Waals surface area contributed by atoms with E-state index in [4.69, 9.17) is 9.47 Å². The van der Waals surface area contributed by atoms with E-state index < -0.39 is 11.7 Å². The van der Waals surface area contributed by atoms with Crippen LogP contribution in [0.3, 0.4) is 0 Å². The Bertz CT molecular complexity index is 1310. The number of rotatable bonds is 7. The highest BCUT2D eigenvalue weighted by Crippen LogP contribution is 2.32. The van der Waals surface area contributed by atoms with Crippen LogP contribution in [-0.4, -0.2) is 60.0 Å². The summed E-state index contributed by atoms with van der Waals surface area (Å²) in [5, 5.41) is 2.90. The number of nitrogens with zero attached hydrogens (tertiary/aromatic N) is 5. The Morgan fingerprint density at radius 3 is 1.95 bits per heavy atom. The van der Waals surface area contributed by atoms with Gasteiger partial charge in [-0.25, -0.2) is 14.8 Å². The van der Waals surface area contributed by atoms with E-state index >= 15 is 0 Å². The number of aromatic nitrogens is 6. The molecule has 42 heavy (non-hydrogen) atoms. The maximum absolute atomic E-state index is 12.2. The van der Waals surface area contributed by atoms with Crippen LogP contribution in [0.4, 0.5) is 4.79 Å². The molecule has 0 spiro atoms. The summed E-state index contributed by atoms with van der Waals surface area (Å²) in [6.45, 7) is 18.9. The van der Waals surface area contributed by atoms with Crippen molar-refractivity contribution in [2.45, 2.75) is 80.9 Å². The minimum absolute atomic E-state index is 0.188. The minimum Gasteiger partial charge on any atom is -0.457 e. The quantitative estimate of drug-likeness (QED) is 0.274. The Labute approximate surface area is 247 Å². The second-order valence-corrected chi connectivity index (χ2v) is 12.9. The van der Waals surface area contributed by atoms with Gasteiger partial charge in [-0.15, -0.1) is 0 Å². The number of amides is 1. The van der Waals surface area contributed by atoms with Gasteiger partial charge in [-0.3, -0.25) is 24.5 Å². The van der Waals surface area contributed by atoms with E-state index in [0.717, 1.165) is 5.69 Å². The Balaban J connectivity index is 0.000000307. The molecule has 2 N–H and O–H groups in total. The van der Waals surface area contributed by atoms with Crippen LogP contribution in [0, 0.1) is 16.7 Å². The van der Waals surface area contributed by atoms with Crippen LogP contribution in [0.2, 0.25) is 0 Å². The molecule has 2 atom stereocenters. The van der Waals surface area contributed by atoms with Crippen LogP contribution in [0.25, 0.3) is 11.4 Å². The van der Waals surface area contributed by atoms with E-state index in [1.165, 1.54) is 18.6 Å². The van der Waals surface area contributed by atoms with Crippen molar-refractivity contribution in [2.24, 2.45) is 16.7 Å². The Morgan fingerprint density at radius 1 is 0.833 bits per heavy atom. The maximum Gasteiger partial charge on any atom is 0.408 e. The van der Waals surface area contributed by atoms with Crippen molar-refractivity contribution in [3.05, 3.63) is 54.9 Å². The molecule has 0 radical (unpaired) electrons. The van der Waals surface area contributed by atoms with Gasteiger partial charge in [0.1, 0.15) is 22.8 Å². The molecule has 0 saturated carbocycles. The predicted molar refractivity (Wildman–Crippen MR) is 157 cm³/mol. The highest BCUT2D eigenvalue weighted by atomic mass is 16.6. The second-order valence-electron chi connectivity index (χ2n) is 12.9. The van der Waals surface area contributed by atoms with Gasteiger partial charge in [0.05, 0.1) is 36.2 Å². The summed E-state index contributed by atoms with van der Waals surface area (Å²) in [6, 6.07) is -0.335. The number of ketones is 1. The number of nitrogens with one attached hydrogen (secondary N) is 2. The van der Waals surface area contributed by atoms with E-state index in [1.807, 2.05) is 62.3 Å². The molecular formula is C30H43N7O5. The third-order valence-electron chi connectivity index (χ3n) is 6.08. The molecule has 3 aromatic rings. The number of carbonyl (C=O) groups excluding carboxylic acids is 3. The fraction of sp³-hybridized carbons (Fsp3) is 0.533. The molecule has 0 aliphatic carbocycles. The first-order valence-corrected chi connectivity index (χ1v) is 13.6. The van der Waals surface area contributed by atoms with E-state index in [-0.39, 0.29) is 46.8 Å². The van der Waals surface area contributed by atoms with E-state index in [2.05, 4.69) is 35.2 Å². The van der Waals surface area contributed by atoms with Crippen LogP contribution in [0.5, 0.6) is 0 Å². The van der Waals surface area contributed by atoms with Crippen LogP contribution in [-0.2, 0) is 14.3 Å². The molecule has 0 bridgehead atoms. The van der Waals surface area contributed by atoms with Gasteiger partial charge in [-0.2, -0.15) is 0 Å². The lowest BCUT2D eigenvalue weighted by atomic mass is 9.82. The predicted octanol–water partition coefficient (Wildman–Crippen LogP) is 5.36. The monoisotopic (exact) mass is 581 g/mol. The smallest absolute Gasteiger partial charge is 0.408 e. The maximum atomic E-state index is 12.2. The number of alkyl carbamates (subject to hydrolysis) is 1. The van der Waals surface area contributed by atoms with E-state index in [9.17, 15) is 14.4 Å². The number of hydrogen-bond donors (Lipinski definition) is 2. The largest absolute Gasteiger partial charge is 0.457 e. The summed E-state index contributed by atoms with van der Waals surface area (Å²) in [5.74, 6) is -0.349. The van der Waals surface area contributed by atoms with Gasteiger partial charge in [0.2, 0.25) is 5.78 Å². The normalized spacial score (nSPS) is 13.2. The third kappa shape index (κ3) is 11.0. The van der Waals surface area contributed by atoms with Crippen molar-refractivity contribution in [1.82, 2.24) is 35.2 Å². The molecular weight excluding hydrogens is 538 g/mol. The summed E-state index contributed by atoms with van der Waals surface area (Å²) < 4.78 is 10.4. The number of hydrogen-bond acceptors (Lipinski definition) is 10. The first-order valence-electron chi connectivity index (χ1n) is 13.6. The number of aromatic amines is 1. The minimum atomic E-state index is -0.555. The highest BCUT2D eigenvalue weighted by molar-refractivity contribution is 5.96. The van der Waals surface area contributed by atoms with Crippen molar-refractivity contribution < 1.29 is 23.9 Å². The average Bonchev–Trinajstić information content (AvgIpc) is 3.39. The number of imidazole rings is 1. The second kappa shape index (κ2) is 14.1. The zero-order valence-electron chi connectivity index (χ0n) is 26.2. The molecule has 0 aromatic carbocycles. The lowest BCUT2D eigenvalue weighted by molar-refractivity contribution is -0.150. The molecule has 12 nitrogen and oxygen atoms in total. The number of Topliss-reactive ketones (excluding diaryl/α,β-unsaturated/α-hetero) is 1. The van der Waals surface area contributed by atoms with E-state index in [1.54, 1.807) is 31.7 Å². The number of carbonyl (C=O) groups is 3. The van der Waals surface area contributed by atoms with Gasteiger partial charge in [0, 0.05) is 24.8 Å². The fourth-order valence-electron chi connectivity index (χ4n) is 3.30. The molecule has 3 aromatic heterocycles. The standard InChI is InChI=1S/C17H25N5O2.C13H18N2O3/c1-16(2,3)13(22-15(23)24-17(4,5)6)14-20-10-12(21-14)11-9-18-7-8-19-11;1-9(13(2,3)4)12(17)18-8-11(16)10-7-14-5-6-15-10/h7-10,13H,1-6H3,(H,20,21)(H,22,23);5-7,9H,8H2,1-4H3/t13-;9-/m00/s1. The van der Waals surface area contributed by atoms with Crippen LogP contribution < -0.4 is 5.32 Å². The summed E-state index contributed by atoms with van der Waals surface area (Å²) in [5.41, 5.74) is 0.648. The van der Waals surface area contributed by atoms with Crippen LogP contribution in [0.1, 0.15) is 91.6 Å². The van der Waals surface area contributed by atoms with Gasteiger partial charge in [0.25, 0.3) is 0 Å². The summed E-state index contributed by atoms with van der Waals surface area (Å²) in [4.78, 5) is 59.1. The molecule has 0 aliphatic rings. The van der Waals surface area contributed by atoms with Crippen molar-refractivity contribution in [2.75, 3.05) is 6.61 Å². The molecule has 228 valence electrons. The zero-order valence-corrected chi connectivity index (χ0v) is 26.2. The van der Waals surface area contributed by atoms with Gasteiger partial charge < -0.3 is 19.8 Å². The van der Waals surface area contributed by atoms with Gasteiger partial charge in [-0.05, 0) is 31.6 Å². The Kier molecular flexibility index (Phi) is 11.4. The van der Waals surface area contributed by atoms with Crippen LogP contribution >= 0.6 is 0 Å². The topological polar surface area (TPSA) is 162 Å². The fourth-order valence-corrected chi connectivity index (χ4v) is 3.30. The number of esters is 1. The highest BCUT2D eigenvalue weighted by Gasteiger charge is 2.32. The van der Waals surface area contributed by atoms with Crippen molar-refractivity contribution >= 4 is 17.8 Å². The van der Waals surface area contributed by atoms with Crippen molar-refractivity contribution in [1.29, 1.82) is 0 Å². The molecule has 0 saturated heterocycles. The Hall–Kier alpha value is -4.22. The van der Waals surface area contributed by atoms with Crippen molar-refractivity contribution in [3.63, 3.8) is 0 Å². The summed E-state index contributed by atoms with van der Waals surface area (Å²) in [6.07, 6.45) is 10.4. The molecule has 12 heteroatoms. The van der Waals surface area contributed by atoms with Gasteiger partial charge in [-0.1, -0.05) is 48.5 Å². The summed E-state index contributed by atoms with van der Waals surface area (Å²) >= 11 is 0. The lowest BCUT2D eigenvalue weighted by Crippen LogP contribution is -2.40. The van der Waals surface area contributed by atoms with Crippen molar-refractivity contribution in [3.8, 4) is 11.4 Å². The van der Waals surface area contributed by atoms with Gasteiger partial charge >= 0.3 is 12.1 Å². The zero-order chi connectivity index (χ0) is 31.7. The SMILES string of the molecule is CC(C)(C)OC(=O)N[C@@H](c1ncc(-c2cnccn2)[nH]1)C(C)(C)C.C[C@@H](C(=O)OCC(=O)c1cnccn1)C(C)(C)C.